The molecule has 0 aliphatic heterocycles. The molecule has 0 saturated heterocycles. The van der Waals surface area contributed by atoms with Gasteiger partial charge < -0.3 is 14.5 Å². The minimum Gasteiger partial charge on any atom is -0.507 e. The summed E-state index contributed by atoms with van der Waals surface area (Å²) in [5.41, 5.74) is 1.81. The lowest BCUT2D eigenvalue weighted by Gasteiger charge is -2.28. The Labute approximate surface area is 197 Å². The van der Waals surface area contributed by atoms with Crippen molar-refractivity contribution in [1.29, 1.82) is 0 Å². The first-order valence-electron chi connectivity index (χ1n) is 12.6. The predicted octanol–water partition coefficient (Wildman–Crippen LogP) is 8.61. The van der Waals surface area contributed by atoms with Crippen molar-refractivity contribution in [3.63, 3.8) is 0 Å². The highest BCUT2D eigenvalue weighted by atomic mass is 31.2. The summed E-state index contributed by atoms with van der Waals surface area (Å²) in [5, 5.41) is 10.8. The standard InChI is InChI=1S/C27H49O4P/c1-8-9-10-11-12-13-14-15-16-17-18-31-32(29,30)21-22-19-23(26(2,3)4)25(28)24(20-22)27(5,6)7/h19-20,28H,8-18,21H2,1-7H3,(H,29,30). The summed E-state index contributed by atoms with van der Waals surface area (Å²) < 4.78 is 18.2. The van der Waals surface area contributed by atoms with Crippen LogP contribution in [0, 0.1) is 0 Å². The Bertz CT molecular complexity index is 693. The fraction of sp³-hybridized carbons (Fsp3) is 0.778. The number of hydrogen-bond donors (Lipinski definition) is 2. The lowest BCUT2D eigenvalue weighted by Crippen LogP contribution is -2.18. The molecular weight excluding hydrogens is 419 g/mol. The minimum absolute atomic E-state index is 0.0306. The number of hydrogen-bond acceptors (Lipinski definition) is 3. The summed E-state index contributed by atoms with van der Waals surface area (Å²) in [4.78, 5) is 10.4. The molecule has 4 nitrogen and oxygen atoms in total. The lowest BCUT2D eigenvalue weighted by atomic mass is 9.78. The van der Waals surface area contributed by atoms with Crippen molar-refractivity contribution in [1.82, 2.24) is 0 Å². The van der Waals surface area contributed by atoms with Crippen LogP contribution in [0.5, 0.6) is 5.75 Å². The van der Waals surface area contributed by atoms with Crippen molar-refractivity contribution in [3.8, 4) is 5.75 Å². The summed E-state index contributed by atoms with van der Waals surface area (Å²) in [6.45, 7) is 14.8. The average Bonchev–Trinajstić information content (AvgIpc) is 2.65. The van der Waals surface area contributed by atoms with Crippen molar-refractivity contribution < 1.29 is 19.1 Å². The first kappa shape index (κ1) is 29.2. The molecule has 0 aromatic heterocycles. The second kappa shape index (κ2) is 13.2. The van der Waals surface area contributed by atoms with Crippen LogP contribution < -0.4 is 0 Å². The third-order valence-corrected chi connectivity index (χ3v) is 7.31. The van der Waals surface area contributed by atoms with Gasteiger partial charge in [0, 0.05) is 0 Å². The Hall–Kier alpha value is -0.830. The van der Waals surface area contributed by atoms with E-state index in [2.05, 4.69) is 6.92 Å². The zero-order valence-corrected chi connectivity index (χ0v) is 22.7. The number of benzene rings is 1. The van der Waals surface area contributed by atoms with Gasteiger partial charge in [0.1, 0.15) is 5.75 Å². The van der Waals surface area contributed by atoms with E-state index in [-0.39, 0.29) is 22.7 Å². The molecule has 0 spiro atoms. The fourth-order valence-electron chi connectivity index (χ4n) is 4.00. The van der Waals surface area contributed by atoms with Crippen molar-refractivity contribution in [2.45, 2.75) is 130 Å². The van der Waals surface area contributed by atoms with E-state index in [1.54, 1.807) is 0 Å². The first-order chi connectivity index (χ1) is 14.8. The van der Waals surface area contributed by atoms with Crippen molar-refractivity contribution in [3.05, 3.63) is 28.8 Å². The Morgan fingerprint density at radius 2 is 1.19 bits per heavy atom. The Balaban J connectivity index is 2.56. The average molecular weight is 469 g/mol. The monoisotopic (exact) mass is 468 g/mol. The van der Waals surface area contributed by atoms with E-state index in [0.717, 1.165) is 36.0 Å². The third kappa shape index (κ3) is 10.9. The zero-order chi connectivity index (χ0) is 24.4. The predicted molar refractivity (Wildman–Crippen MR) is 137 cm³/mol. The molecule has 1 atom stereocenters. The van der Waals surface area contributed by atoms with Crippen LogP contribution in [0.3, 0.4) is 0 Å². The van der Waals surface area contributed by atoms with Crippen LogP contribution in [-0.4, -0.2) is 16.6 Å². The maximum absolute atomic E-state index is 12.7. The SMILES string of the molecule is CCCCCCCCCCCCOP(=O)(O)Cc1cc(C(C)(C)C)c(O)c(C(C)(C)C)c1. The van der Waals surface area contributed by atoms with Crippen LogP contribution in [0.25, 0.3) is 0 Å². The summed E-state index contributed by atoms with van der Waals surface area (Å²) in [6.07, 6.45) is 12.2. The lowest BCUT2D eigenvalue weighted by molar-refractivity contribution is 0.251. The molecule has 0 aliphatic carbocycles. The normalized spacial score (nSPS) is 14.5. The Kier molecular flexibility index (Phi) is 12.0. The van der Waals surface area contributed by atoms with Gasteiger partial charge in [0.15, 0.2) is 0 Å². The van der Waals surface area contributed by atoms with E-state index in [4.69, 9.17) is 4.52 Å². The second-order valence-corrected chi connectivity index (χ2v) is 13.2. The summed E-state index contributed by atoms with van der Waals surface area (Å²) >= 11 is 0. The second-order valence-electron chi connectivity index (χ2n) is 11.4. The van der Waals surface area contributed by atoms with Gasteiger partial charge in [-0.1, -0.05) is 118 Å². The minimum atomic E-state index is -3.73. The highest BCUT2D eigenvalue weighted by molar-refractivity contribution is 7.51. The summed E-state index contributed by atoms with van der Waals surface area (Å²) in [6, 6.07) is 3.72. The molecule has 32 heavy (non-hydrogen) atoms. The van der Waals surface area contributed by atoms with E-state index in [1.807, 2.05) is 53.7 Å². The molecule has 1 unspecified atom stereocenters. The smallest absolute Gasteiger partial charge is 0.332 e. The quantitative estimate of drug-likeness (QED) is 0.212. The number of rotatable bonds is 14. The van der Waals surface area contributed by atoms with Crippen LogP contribution in [-0.2, 0) is 26.1 Å². The van der Waals surface area contributed by atoms with E-state index in [1.165, 1.54) is 44.9 Å². The number of unbranched alkanes of at least 4 members (excludes halogenated alkanes) is 9. The summed E-state index contributed by atoms with van der Waals surface area (Å²) in [7, 11) is -3.73. The molecule has 0 radical (unpaired) electrons. The Morgan fingerprint density at radius 3 is 1.59 bits per heavy atom. The van der Waals surface area contributed by atoms with Gasteiger partial charge in [0.2, 0.25) is 0 Å². The third-order valence-electron chi connectivity index (χ3n) is 5.96. The van der Waals surface area contributed by atoms with Crippen LogP contribution >= 0.6 is 7.60 Å². The van der Waals surface area contributed by atoms with Gasteiger partial charge in [-0.3, -0.25) is 4.57 Å². The molecule has 0 amide bonds. The van der Waals surface area contributed by atoms with Crippen molar-refractivity contribution in [2.75, 3.05) is 6.61 Å². The van der Waals surface area contributed by atoms with Gasteiger partial charge in [-0.25, -0.2) is 0 Å². The van der Waals surface area contributed by atoms with Crippen LogP contribution in [0.15, 0.2) is 12.1 Å². The molecule has 0 bridgehead atoms. The molecule has 0 saturated carbocycles. The number of phenolic OH excluding ortho intramolecular Hbond substituents is 1. The molecule has 1 aromatic carbocycles. The van der Waals surface area contributed by atoms with Gasteiger partial charge in [0.25, 0.3) is 0 Å². The van der Waals surface area contributed by atoms with Gasteiger partial charge in [-0.15, -0.1) is 0 Å². The van der Waals surface area contributed by atoms with E-state index in [9.17, 15) is 14.6 Å². The van der Waals surface area contributed by atoms with E-state index in [0.29, 0.717) is 6.61 Å². The van der Waals surface area contributed by atoms with Crippen molar-refractivity contribution in [2.24, 2.45) is 0 Å². The fourth-order valence-corrected chi connectivity index (χ4v) is 5.15. The molecule has 1 aromatic rings. The molecule has 186 valence electrons. The van der Waals surface area contributed by atoms with Gasteiger partial charge in [-0.05, 0) is 33.9 Å². The van der Waals surface area contributed by atoms with Gasteiger partial charge >= 0.3 is 7.60 Å². The maximum atomic E-state index is 12.7. The van der Waals surface area contributed by atoms with E-state index < -0.39 is 7.60 Å². The molecule has 1 rings (SSSR count). The molecular formula is C27H49O4P. The maximum Gasteiger partial charge on any atom is 0.332 e. The van der Waals surface area contributed by atoms with E-state index >= 15 is 0 Å². The molecule has 0 aliphatic rings. The summed E-state index contributed by atoms with van der Waals surface area (Å²) in [5.74, 6) is 0.285. The van der Waals surface area contributed by atoms with Gasteiger partial charge in [0.05, 0.1) is 12.8 Å². The molecule has 2 N–H and O–H groups in total. The number of aromatic hydroxyl groups is 1. The topological polar surface area (TPSA) is 66.8 Å². The highest BCUT2D eigenvalue weighted by Gasteiger charge is 2.28. The van der Waals surface area contributed by atoms with Crippen LogP contribution in [0.2, 0.25) is 0 Å². The molecule has 5 heteroatoms. The zero-order valence-electron chi connectivity index (χ0n) is 21.8. The first-order valence-corrected chi connectivity index (χ1v) is 14.4. The van der Waals surface area contributed by atoms with Crippen molar-refractivity contribution >= 4 is 7.60 Å². The largest absolute Gasteiger partial charge is 0.507 e. The number of phenols is 1. The highest BCUT2D eigenvalue weighted by Crippen LogP contribution is 2.48. The Morgan fingerprint density at radius 1 is 0.781 bits per heavy atom. The molecule has 0 heterocycles. The molecule has 0 fully saturated rings. The van der Waals surface area contributed by atoms with Crippen LogP contribution in [0.1, 0.15) is 129 Å². The van der Waals surface area contributed by atoms with Gasteiger partial charge in [-0.2, -0.15) is 0 Å². The van der Waals surface area contributed by atoms with Crippen LogP contribution in [0.4, 0.5) is 0 Å².